The second-order valence-electron chi connectivity index (χ2n) is 4.75. The fourth-order valence-electron chi connectivity index (χ4n) is 1.91. The molecule has 4 heteroatoms. The molecule has 0 atom stereocenters. The third kappa shape index (κ3) is 3.31. The highest BCUT2D eigenvalue weighted by molar-refractivity contribution is 6.30. The van der Waals surface area contributed by atoms with Gasteiger partial charge in [-0.1, -0.05) is 29.8 Å². The van der Waals surface area contributed by atoms with E-state index in [0.29, 0.717) is 11.6 Å². The van der Waals surface area contributed by atoms with Crippen LogP contribution in [-0.2, 0) is 6.61 Å². The van der Waals surface area contributed by atoms with Gasteiger partial charge in [-0.3, -0.25) is 5.41 Å². The second-order valence-corrected chi connectivity index (χ2v) is 5.19. The van der Waals surface area contributed by atoms with Gasteiger partial charge in [0.15, 0.2) is 0 Å². The van der Waals surface area contributed by atoms with Crippen molar-refractivity contribution in [1.29, 1.82) is 5.41 Å². The Kier molecular flexibility index (Phi) is 4.30. The van der Waals surface area contributed by atoms with Crippen molar-refractivity contribution >= 4 is 17.4 Å². The van der Waals surface area contributed by atoms with Crippen LogP contribution in [0.15, 0.2) is 36.4 Å². The number of rotatable bonds is 4. The van der Waals surface area contributed by atoms with E-state index in [1.54, 1.807) is 0 Å². The standard InChI is InChI=1S/C16H17ClN2O/c1-10-3-6-14(17)8-15(10)20-9-13-5-4-12(16(18)19)7-11(13)2/h3-8H,9H2,1-2H3,(H3,18,19). The van der Waals surface area contributed by atoms with Crippen molar-refractivity contribution in [2.24, 2.45) is 5.73 Å². The quantitative estimate of drug-likeness (QED) is 0.664. The molecule has 2 aromatic carbocycles. The van der Waals surface area contributed by atoms with Gasteiger partial charge in [-0.15, -0.1) is 0 Å². The lowest BCUT2D eigenvalue weighted by Gasteiger charge is -2.12. The van der Waals surface area contributed by atoms with Crippen molar-refractivity contribution in [2.75, 3.05) is 0 Å². The first-order valence-electron chi connectivity index (χ1n) is 6.30. The lowest BCUT2D eigenvalue weighted by molar-refractivity contribution is 0.303. The molecule has 2 aromatic rings. The van der Waals surface area contributed by atoms with Gasteiger partial charge in [0.2, 0.25) is 0 Å². The first-order valence-corrected chi connectivity index (χ1v) is 6.68. The zero-order valence-corrected chi connectivity index (χ0v) is 12.3. The van der Waals surface area contributed by atoms with Crippen LogP contribution < -0.4 is 10.5 Å². The number of ether oxygens (including phenoxy) is 1. The SMILES string of the molecule is Cc1cc(C(=N)N)ccc1COc1cc(Cl)ccc1C. The van der Waals surface area contributed by atoms with E-state index in [-0.39, 0.29) is 5.84 Å². The molecule has 0 aliphatic carbocycles. The van der Waals surface area contributed by atoms with E-state index in [2.05, 4.69) is 0 Å². The van der Waals surface area contributed by atoms with Crippen LogP contribution in [0, 0.1) is 19.3 Å². The number of aryl methyl sites for hydroxylation is 2. The smallest absolute Gasteiger partial charge is 0.124 e. The van der Waals surface area contributed by atoms with Gasteiger partial charge in [-0.2, -0.15) is 0 Å². The molecule has 0 amide bonds. The molecule has 0 saturated heterocycles. The normalized spacial score (nSPS) is 10.3. The van der Waals surface area contributed by atoms with Crippen molar-refractivity contribution in [3.05, 3.63) is 63.7 Å². The molecule has 3 N–H and O–H groups in total. The fraction of sp³-hybridized carbons (Fsp3) is 0.188. The third-order valence-electron chi connectivity index (χ3n) is 3.19. The maximum atomic E-state index is 7.42. The van der Waals surface area contributed by atoms with E-state index in [1.165, 1.54) is 0 Å². The summed E-state index contributed by atoms with van der Waals surface area (Å²) >= 11 is 5.97. The van der Waals surface area contributed by atoms with Crippen LogP contribution in [0.2, 0.25) is 5.02 Å². The van der Waals surface area contributed by atoms with Crippen molar-refractivity contribution in [1.82, 2.24) is 0 Å². The predicted molar refractivity (Wildman–Crippen MR) is 82.7 cm³/mol. The van der Waals surface area contributed by atoms with Crippen LogP contribution in [0.25, 0.3) is 0 Å². The van der Waals surface area contributed by atoms with Crippen molar-refractivity contribution < 1.29 is 4.74 Å². The first kappa shape index (κ1) is 14.4. The Morgan fingerprint density at radius 3 is 2.55 bits per heavy atom. The summed E-state index contributed by atoms with van der Waals surface area (Å²) in [5.74, 6) is 0.860. The number of hydrogen-bond acceptors (Lipinski definition) is 2. The number of nitrogens with one attached hydrogen (secondary N) is 1. The minimum Gasteiger partial charge on any atom is -0.489 e. The molecule has 0 fully saturated rings. The summed E-state index contributed by atoms with van der Waals surface area (Å²) in [6.07, 6.45) is 0. The van der Waals surface area contributed by atoms with Crippen molar-refractivity contribution in [3.63, 3.8) is 0 Å². The summed E-state index contributed by atoms with van der Waals surface area (Å²) in [5.41, 5.74) is 9.36. The Labute approximate surface area is 123 Å². The molecule has 0 aliphatic rings. The average Bonchev–Trinajstić information content (AvgIpc) is 2.40. The molecule has 104 valence electrons. The monoisotopic (exact) mass is 288 g/mol. The summed E-state index contributed by atoms with van der Waals surface area (Å²) < 4.78 is 5.82. The number of hydrogen-bond donors (Lipinski definition) is 2. The van der Waals surface area contributed by atoms with Gasteiger partial charge in [0, 0.05) is 10.6 Å². The van der Waals surface area contributed by atoms with Crippen LogP contribution in [0.3, 0.4) is 0 Å². The lowest BCUT2D eigenvalue weighted by atomic mass is 10.1. The Morgan fingerprint density at radius 2 is 1.90 bits per heavy atom. The number of nitrogen functional groups attached to an aromatic ring is 1. The molecule has 2 rings (SSSR count). The van der Waals surface area contributed by atoms with Crippen LogP contribution in [0.4, 0.5) is 0 Å². The van der Waals surface area contributed by atoms with E-state index in [0.717, 1.165) is 28.0 Å². The van der Waals surface area contributed by atoms with E-state index >= 15 is 0 Å². The van der Waals surface area contributed by atoms with E-state index < -0.39 is 0 Å². The zero-order valence-electron chi connectivity index (χ0n) is 11.5. The highest BCUT2D eigenvalue weighted by Crippen LogP contribution is 2.24. The molecule has 0 unspecified atom stereocenters. The van der Waals surface area contributed by atoms with Gasteiger partial charge in [-0.25, -0.2) is 0 Å². The fourth-order valence-corrected chi connectivity index (χ4v) is 2.07. The predicted octanol–water partition coefficient (Wildman–Crippen LogP) is 3.82. The average molecular weight is 289 g/mol. The molecule has 0 spiro atoms. The Balaban J connectivity index is 2.15. The minimum atomic E-state index is 0.0752. The summed E-state index contributed by atoms with van der Waals surface area (Å²) in [5, 5.41) is 8.08. The van der Waals surface area contributed by atoms with Gasteiger partial charge in [0.1, 0.15) is 18.2 Å². The lowest BCUT2D eigenvalue weighted by Crippen LogP contribution is -2.11. The molecule has 0 radical (unpaired) electrons. The largest absolute Gasteiger partial charge is 0.489 e. The van der Waals surface area contributed by atoms with Crippen molar-refractivity contribution in [3.8, 4) is 5.75 Å². The molecule has 3 nitrogen and oxygen atoms in total. The molecule has 0 saturated carbocycles. The zero-order chi connectivity index (χ0) is 14.7. The number of benzene rings is 2. The Hall–Kier alpha value is -2.00. The third-order valence-corrected chi connectivity index (χ3v) is 3.42. The molecule has 20 heavy (non-hydrogen) atoms. The second kappa shape index (κ2) is 5.97. The highest BCUT2D eigenvalue weighted by Gasteiger charge is 2.05. The van der Waals surface area contributed by atoms with Gasteiger partial charge < -0.3 is 10.5 Å². The van der Waals surface area contributed by atoms with Gasteiger partial charge in [0.25, 0.3) is 0 Å². The Morgan fingerprint density at radius 1 is 1.15 bits per heavy atom. The summed E-state index contributed by atoms with van der Waals surface area (Å²) in [4.78, 5) is 0. The molecule has 0 aromatic heterocycles. The van der Waals surface area contributed by atoms with Gasteiger partial charge in [-0.05, 0) is 48.7 Å². The van der Waals surface area contributed by atoms with E-state index in [4.69, 9.17) is 27.5 Å². The summed E-state index contributed by atoms with van der Waals surface area (Å²) in [6, 6.07) is 11.3. The number of nitrogens with two attached hydrogens (primary N) is 1. The summed E-state index contributed by atoms with van der Waals surface area (Å²) in [7, 11) is 0. The highest BCUT2D eigenvalue weighted by atomic mass is 35.5. The van der Waals surface area contributed by atoms with Crippen molar-refractivity contribution in [2.45, 2.75) is 20.5 Å². The van der Waals surface area contributed by atoms with Crippen LogP contribution in [0.1, 0.15) is 22.3 Å². The molecule has 0 bridgehead atoms. The van der Waals surface area contributed by atoms with Gasteiger partial charge in [0.05, 0.1) is 0 Å². The van der Waals surface area contributed by atoms with Crippen LogP contribution >= 0.6 is 11.6 Å². The molecule has 0 aliphatic heterocycles. The minimum absolute atomic E-state index is 0.0752. The Bertz CT molecular complexity index is 653. The number of halogens is 1. The van der Waals surface area contributed by atoms with Crippen LogP contribution in [0.5, 0.6) is 5.75 Å². The molecular formula is C16H17ClN2O. The van der Waals surface area contributed by atoms with Crippen LogP contribution in [-0.4, -0.2) is 5.84 Å². The number of amidine groups is 1. The topological polar surface area (TPSA) is 59.1 Å². The maximum absolute atomic E-state index is 7.42. The molecule has 0 heterocycles. The van der Waals surface area contributed by atoms with E-state index in [9.17, 15) is 0 Å². The summed E-state index contributed by atoms with van der Waals surface area (Å²) in [6.45, 7) is 4.43. The van der Waals surface area contributed by atoms with E-state index in [1.807, 2.05) is 50.2 Å². The maximum Gasteiger partial charge on any atom is 0.124 e. The van der Waals surface area contributed by atoms with Gasteiger partial charge >= 0.3 is 0 Å². The first-order chi connectivity index (χ1) is 9.47. The molecular weight excluding hydrogens is 272 g/mol.